The number of nitrogens with two attached hydrogens (primary N) is 1. The highest BCUT2D eigenvalue weighted by Crippen LogP contribution is 2.35. The molecule has 0 radical (unpaired) electrons. The standard InChI is InChI=1S/C20H16N4S/c21-19(15-9-3-1-4-10-15)20(25-16-11-5-2-6-12-16)24-18-14-8-7-13-17(18)22-23-24/h1-14H,21H2/b20-19+. The molecule has 0 unspecified atom stereocenters. The Kier molecular flexibility index (Phi) is 4.23. The zero-order valence-electron chi connectivity index (χ0n) is 13.4. The second-order valence-corrected chi connectivity index (χ2v) is 6.55. The fourth-order valence-electron chi connectivity index (χ4n) is 2.57. The van der Waals surface area contributed by atoms with Crippen molar-refractivity contribution in [1.82, 2.24) is 15.0 Å². The highest BCUT2D eigenvalue weighted by atomic mass is 32.2. The maximum Gasteiger partial charge on any atom is 0.128 e. The molecular formula is C20H16N4S. The third kappa shape index (κ3) is 3.14. The molecule has 0 amide bonds. The van der Waals surface area contributed by atoms with Crippen molar-refractivity contribution in [2.45, 2.75) is 4.90 Å². The van der Waals surface area contributed by atoms with E-state index in [1.165, 1.54) is 0 Å². The third-order valence-corrected chi connectivity index (χ3v) is 4.91. The molecule has 1 heterocycles. The van der Waals surface area contributed by atoms with Gasteiger partial charge >= 0.3 is 0 Å². The van der Waals surface area contributed by atoms with Gasteiger partial charge in [-0.2, -0.15) is 0 Å². The fourth-order valence-corrected chi connectivity index (χ4v) is 3.54. The minimum absolute atomic E-state index is 0.671. The smallest absolute Gasteiger partial charge is 0.128 e. The zero-order valence-corrected chi connectivity index (χ0v) is 14.2. The van der Waals surface area contributed by atoms with E-state index < -0.39 is 0 Å². The van der Waals surface area contributed by atoms with Gasteiger partial charge in [0, 0.05) is 10.5 Å². The minimum atomic E-state index is 0.671. The summed E-state index contributed by atoms with van der Waals surface area (Å²) >= 11 is 1.58. The number of para-hydroxylation sites is 1. The Morgan fingerprint density at radius 3 is 2.20 bits per heavy atom. The van der Waals surface area contributed by atoms with Crippen LogP contribution in [-0.2, 0) is 0 Å². The average molecular weight is 344 g/mol. The van der Waals surface area contributed by atoms with Gasteiger partial charge in [-0.25, -0.2) is 4.68 Å². The van der Waals surface area contributed by atoms with E-state index in [4.69, 9.17) is 5.73 Å². The Bertz CT molecular complexity index is 1020. The van der Waals surface area contributed by atoms with Crippen molar-refractivity contribution < 1.29 is 0 Å². The van der Waals surface area contributed by atoms with Gasteiger partial charge in [0.2, 0.25) is 0 Å². The maximum atomic E-state index is 6.54. The van der Waals surface area contributed by atoms with Crippen molar-refractivity contribution in [2.75, 3.05) is 0 Å². The fraction of sp³-hybridized carbons (Fsp3) is 0. The largest absolute Gasteiger partial charge is 0.396 e. The first-order valence-electron chi connectivity index (χ1n) is 7.92. The number of fused-ring (bicyclic) bond motifs is 1. The van der Waals surface area contributed by atoms with Gasteiger partial charge in [-0.05, 0) is 24.3 Å². The second-order valence-electron chi connectivity index (χ2n) is 5.49. The van der Waals surface area contributed by atoms with E-state index in [0.29, 0.717) is 5.70 Å². The Labute approximate surface area is 150 Å². The minimum Gasteiger partial charge on any atom is -0.396 e. The predicted octanol–water partition coefficient (Wildman–Crippen LogP) is 4.47. The van der Waals surface area contributed by atoms with E-state index in [1.807, 2.05) is 77.5 Å². The van der Waals surface area contributed by atoms with E-state index in [9.17, 15) is 0 Å². The molecule has 4 nitrogen and oxygen atoms in total. The molecule has 0 atom stereocenters. The summed E-state index contributed by atoms with van der Waals surface area (Å²) in [5.41, 5.74) is 9.94. The molecule has 3 aromatic carbocycles. The SMILES string of the molecule is N/C(=C(/Sc1ccccc1)n1nnc2ccccc21)c1ccccc1. The molecule has 2 N–H and O–H groups in total. The topological polar surface area (TPSA) is 56.7 Å². The number of nitrogens with zero attached hydrogens (tertiary/aromatic N) is 3. The van der Waals surface area contributed by atoms with Gasteiger partial charge in [0.15, 0.2) is 0 Å². The molecule has 0 aliphatic rings. The van der Waals surface area contributed by atoms with Crippen LogP contribution >= 0.6 is 11.8 Å². The van der Waals surface area contributed by atoms with Gasteiger partial charge in [0.1, 0.15) is 10.5 Å². The Balaban J connectivity index is 1.90. The molecule has 5 heteroatoms. The number of hydrogen-bond donors (Lipinski definition) is 1. The third-order valence-electron chi connectivity index (χ3n) is 3.82. The molecule has 4 aromatic rings. The summed E-state index contributed by atoms with van der Waals surface area (Å²) in [6, 6.07) is 28.0. The first kappa shape index (κ1) is 15.5. The molecule has 0 saturated carbocycles. The number of benzene rings is 3. The van der Waals surface area contributed by atoms with E-state index >= 15 is 0 Å². The van der Waals surface area contributed by atoms with Crippen LogP contribution in [-0.4, -0.2) is 15.0 Å². The summed E-state index contributed by atoms with van der Waals surface area (Å²) in [6.45, 7) is 0. The Hall–Kier alpha value is -3.05. The van der Waals surface area contributed by atoms with Crippen LogP contribution in [0, 0.1) is 0 Å². The number of rotatable bonds is 4. The van der Waals surface area contributed by atoms with Crippen LogP contribution in [0.4, 0.5) is 0 Å². The molecule has 0 aliphatic carbocycles. The van der Waals surface area contributed by atoms with E-state index in [1.54, 1.807) is 11.8 Å². The lowest BCUT2D eigenvalue weighted by Crippen LogP contribution is -2.06. The summed E-state index contributed by atoms with van der Waals surface area (Å²) in [5, 5.41) is 9.45. The summed E-state index contributed by atoms with van der Waals surface area (Å²) in [7, 11) is 0. The number of thioether (sulfide) groups is 1. The normalized spacial score (nSPS) is 12.2. The monoisotopic (exact) mass is 344 g/mol. The second kappa shape index (κ2) is 6.83. The van der Waals surface area contributed by atoms with Crippen LogP contribution in [0.2, 0.25) is 0 Å². The predicted molar refractivity (Wildman–Crippen MR) is 104 cm³/mol. The van der Waals surface area contributed by atoms with Gasteiger partial charge in [0.25, 0.3) is 0 Å². The van der Waals surface area contributed by atoms with Crippen molar-refractivity contribution in [2.24, 2.45) is 5.73 Å². The molecule has 0 aliphatic heterocycles. The molecule has 122 valence electrons. The number of aromatic nitrogens is 3. The van der Waals surface area contributed by atoms with Crippen LogP contribution in [0.3, 0.4) is 0 Å². The lowest BCUT2D eigenvalue weighted by molar-refractivity contribution is 0.855. The Morgan fingerprint density at radius 2 is 1.44 bits per heavy atom. The van der Waals surface area contributed by atoms with Gasteiger partial charge in [-0.15, -0.1) is 5.10 Å². The maximum absolute atomic E-state index is 6.54. The van der Waals surface area contributed by atoms with Gasteiger partial charge in [-0.3, -0.25) is 0 Å². The summed E-state index contributed by atoms with van der Waals surface area (Å²) in [4.78, 5) is 1.09. The first-order chi connectivity index (χ1) is 12.3. The highest BCUT2D eigenvalue weighted by molar-refractivity contribution is 8.08. The first-order valence-corrected chi connectivity index (χ1v) is 8.73. The molecule has 0 bridgehead atoms. The van der Waals surface area contributed by atoms with Crippen LogP contribution in [0.1, 0.15) is 5.56 Å². The lowest BCUT2D eigenvalue weighted by Gasteiger charge is -2.12. The molecular weight excluding hydrogens is 328 g/mol. The van der Waals surface area contributed by atoms with Crippen molar-refractivity contribution in [3.05, 3.63) is 90.5 Å². The van der Waals surface area contributed by atoms with E-state index in [0.717, 1.165) is 26.5 Å². The van der Waals surface area contributed by atoms with Crippen LogP contribution in [0.5, 0.6) is 0 Å². The molecule has 1 aromatic heterocycles. The molecule has 0 saturated heterocycles. The number of hydrogen-bond acceptors (Lipinski definition) is 4. The van der Waals surface area contributed by atoms with E-state index in [2.05, 4.69) is 22.4 Å². The zero-order chi connectivity index (χ0) is 17.1. The Morgan fingerprint density at radius 1 is 0.800 bits per heavy atom. The summed E-state index contributed by atoms with van der Waals surface area (Å²) in [6.07, 6.45) is 0. The molecule has 25 heavy (non-hydrogen) atoms. The van der Waals surface area contributed by atoms with E-state index in [-0.39, 0.29) is 0 Å². The van der Waals surface area contributed by atoms with Crippen molar-refractivity contribution >= 4 is 33.5 Å². The summed E-state index contributed by atoms with van der Waals surface area (Å²) in [5.74, 6) is 0. The van der Waals surface area contributed by atoms with Gasteiger partial charge in [-0.1, -0.05) is 77.6 Å². The molecule has 0 spiro atoms. The van der Waals surface area contributed by atoms with Crippen LogP contribution in [0.25, 0.3) is 21.8 Å². The van der Waals surface area contributed by atoms with Gasteiger partial charge in [0.05, 0.1) is 11.2 Å². The van der Waals surface area contributed by atoms with Crippen LogP contribution < -0.4 is 5.73 Å². The average Bonchev–Trinajstić information content (AvgIpc) is 3.11. The van der Waals surface area contributed by atoms with Crippen molar-refractivity contribution in [1.29, 1.82) is 0 Å². The quantitative estimate of drug-likeness (QED) is 0.555. The lowest BCUT2D eigenvalue weighted by atomic mass is 10.2. The van der Waals surface area contributed by atoms with Crippen molar-refractivity contribution in [3.63, 3.8) is 0 Å². The molecule has 4 rings (SSSR count). The van der Waals surface area contributed by atoms with Crippen LogP contribution in [0.15, 0.2) is 89.8 Å². The summed E-state index contributed by atoms with van der Waals surface area (Å²) < 4.78 is 1.81. The van der Waals surface area contributed by atoms with Crippen molar-refractivity contribution in [3.8, 4) is 0 Å². The molecule has 0 fully saturated rings. The van der Waals surface area contributed by atoms with Gasteiger partial charge < -0.3 is 5.73 Å². The highest BCUT2D eigenvalue weighted by Gasteiger charge is 2.15.